The predicted octanol–water partition coefficient (Wildman–Crippen LogP) is 2.44. The van der Waals surface area contributed by atoms with Crippen molar-refractivity contribution in [3.05, 3.63) is 65.2 Å². The highest BCUT2D eigenvalue weighted by Gasteiger charge is 2.41. The number of carbonyl (C=O) groups excluding carboxylic acids is 4. The molecule has 3 amide bonds. The molecule has 0 saturated carbocycles. The van der Waals surface area contributed by atoms with Crippen LogP contribution in [0.15, 0.2) is 42.5 Å². The Labute approximate surface area is 170 Å². The monoisotopic (exact) mass is 416 g/mol. The van der Waals surface area contributed by atoms with Gasteiger partial charge in [-0.25, -0.2) is 13.6 Å². The summed E-state index contributed by atoms with van der Waals surface area (Å²) < 4.78 is 32.8. The van der Waals surface area contributed by atoms with Gasteiger partial charge in [-0.3, -0.25) is 19.3 Å². The van der Waals surface area contributed by atoms with Gasteiger partial charge in [-0.1, -0.05) is 6.07 Å². The van der Waals surface area contributed by atoms with Crippen LogP contribution in [0.5, 0.6) is 0 Å². The Morgan fingerprint density at radius 3 is 2.37 bits per heavy atom. The molecule has 1 N–H and O–H groups in total. The number of benzene rings is 2. The smallest absolute Gasteiger partial charge is 0.336 e. The maximum atomic E-state index is 14.4. The molecule has 1 heterocycles. The van der Waals surface area contributed by atoms with Gasteiger partial charge >= 0.3 is 5.97 Å². The van der Waals surface area contributed by atoms with Crippen LogP contribution in [0.3, 0.4) is 0 Å². The number of nitrogens with one attached hydrogen (secondary N) is 1. The largest absolute Gasteiger partial charge is 0.467 e. The van der Waals surface area contributed by atoms with Crippen molar-refractivity contribution in [2.75, 3.05) is 12.0 Å². The first-order valence-electron chi connectivity index (χ1n) is 8.99. The number of imide groups is 1. The molecule has 1 saturated heterocycles. The van der Waals surface area contributed by atoms with Gasteiger partial charge in [0.1, 0.15) is 11.6 Å². The summed E-state index contributed by atoms with van der Waals surface area (Å²) >= 11 is 0. The second-order valence-electron chi connectivity index (χ2n) is 6.87. The molecular weight excluding hydrogens is 398 g/mol. The van der Waals surface area contributed by atoms with Crippen LogP contribution in [-0.2, 0) is 24.7 Å². The highest BCUT2D eigenvalue weighted by Crippen LogP contribution is 2.28. The number of ether oxygens (including phenoxy) is 1. The highest BCUT2D eigenvalue weighted by molar-refractivity contribution is 6.20. The summed E-state index contributed by atoms with van der Waals surface area (Å²) in [6.45, 7) is 1.19. The normalized spacial score (nSPS) is 15.7. The van der Waals surface area contributed by atoms with Gasteiger partial charge in [-0.15, -0.1) is 0 Å². The summed E-state index contributed by atoms with van der Waals surface area (Å²) in [5.74, 6) is -4.32. The first-order chi connectivity index (χ1) is 14.2. The van der Waals surface area contributed by atoms with Gasteiger partial charge < -0.3 is 10.1 Å². The van der Waals surface area contributed by atoms with Gasteiger partial charge in [0.2, 0.25) is 11.8 Å². The number of hydrogen-bond donors (Lipinski definition) is 1. The number of carbonyl (C=O) groups is 4. The average Bonchev–Trinajstić information content (AvgIpc) is 3.07. The molecule has 0 spiro atoms. The van der Waals surface area contributed by atoms with E-state index in [2.05, 4.69) is 5.32 Å². The molecule has 2 aromatic carbocycles. The quantitative estimate of drug-likeness (QED) is 0.597. The van der Waals surface area contributed by atoms with E-state index in [1.165, 1.54) is 31.2 Å². The number of esters is 1. The van der Waals surface area contributed by atoms with E-state index in [9.17, 15) is 28.0 Å². The van der Waals surface area contributed by atoms with Crippen molar-refractivity contribution in [1.29, 1.82) is 0 Å². The van der Waals surface area contributed by atoms with E-state index in [0.29, 0.717) is 0 Å². The molecule has 0 aliphatic carbocycles. The number of nitrogens with zero attached hydrogens (tertiary/aromatic N) is 1. The summed E-state index contributed by atoms with van der Waals surface area (Å²) in [5, 5.41) is 2.38. The average molecular weight is 416 g/mol. The molecule has 3 rings (SSSR count). The van der Waals surface area contributed by atoms with Crippen molar-refractivity contribution < 1.29 is 32.7 Å². The highest BCUT2D eigenvalue weighted by atomic mass is 19.1. The maximum absolute atomic E-state index is 14.4. The molecule has 1 aliphatic heterocycles. The fourth-order valence-corrected chi connectivity index (χ4v) is 3.26. The molecule has 0 bridgehead atoms. The molecule has 9 heteroatoms. The number of anilines is 1. The van der Waals surface area contributed by atoms with Crippen molar-refractivity contribution >= 4 is 29.4 Å². The summed E-state index contributed by atoms with van der Waals surface area (Å²) in [6, 6.07) is 8.16. The van der Waals surface area contributed by atoms with Gasteiger partial charge in [-0.2, -0.15) is 0 Å². The first-order valence-corrected chi connectivity index (χ1v) is 8.99. The van der Waals surface area contributed by atoms with E-state index in [0.717, 1.165) is 30.2 Å². The first kappa shape index (κ1) is 21.1. The van der Waals surface area contributed by atoms with Crippen molar-refractivity contribution in [3.8, 4) is 0 Å². The number of halogens is 2. The Kier molecular flexibility index (Phi) is 5.64. The summed E-state index contributed by atoms with van der Waals surface area (Å²) in [7, 11) is 1.05. The molecule has 30 heavy (non-hydrogen) atoms. The lowest BCUT2D eigenvalue weighted by Gasteiger charge is -2.29. The molecule has 1 fully saturated rings. The van der Waals surface area contributed by atoms with Crippen LogP contribution in [0.4, 0.5) is 14.5 Å². The number of hydrogen-bond acceptors (Lipinski definition) is 5. The minimum atomic E-state index is -2.03. The predicted molar refractivity (Wildman–Crippen MR) is 101 cm³/mol. The SMILES string of the molecule is COC(=O)[C@@](C)(NC(=O)c1cccc(N2C(=O)CCC2=O)c1)c1cc(F)ccc1F. The molecular formula is C21H18F2N2O5. The number of amides is 3. The lowest BCUT2D eigenvalue weighted by molar-refractivity contribution is -0.148. The molecule has 0 aromatic heterocycles. The van der Waals surface area contributed by atoms with E-state index in [-0.39, 0.29) is 24.1 Å². The van der Waals surface area contributed by atoms with E-state index >= 15 is 0 Å². The van der Waals surface area contributed by atoms with Crippen molar-refractivity contribution in [3.63, 3.8) is 0 Å². The fourth-order valence-electron chi connectivity index (χ4n) is 3.26. The van der Waals surface area contributed by atoms with E-state index in [1.807, 2.05) is 0 Å². The minimum Gasteiger partial charge on any atom is -0.467 e. The lowest BCUT2D eigenvalue weighted by Crippen LogP contribution is -2.50. The van der Waals surface area contributed by atoms with Crippen LogP contribution < -0.4 is 10.2 Å². The molecule has 0 unspecified atom stereocenters. The van der Waals surface area contributed by atoms with Gasteiger partial charge in [-0.05, 0) is 43.3 Å². The Morgan fingerprint density at radius 1 is 1.07 bits per heavy atom. The van der Waals surface area contributed by atoms with Crippen LogP contribution in [0.2, 0.25) is 0 Å². The Balaban J connectivity index is 1.97. The lowest BCUT2D eigenvalue weighted by atomic mass is 9.90. The molecule has 0 radical (unpaired) electrons. The van der Waals surface area contributed by atoms with Crippen LogP contribution in [0, 0.1) is 11.6 Å². The second-order valence-corrected chi connectivity index (χ2v) is 6.87. The van der Waals surface area contributed by atoms with Crippen LogP contribution in [-0.4, -0.2) is 30.8 Å². The zero-order valence-corrected chi connectivity index (χ0v) is 16.2. The Hall–Kier alpha value is -3.62. The maximum Gasteiger partial charge on any atom is 0.336 e. The van der Waals surface area contributed by atoms with Crippen molar-refractivity contribution in [1.82, 2.24) is 5.32 Å². The topological polar surface area (TPSA) is 92.8 Å². The van der Waals surface area contributed by atoms with E-state index in [1.54, 1.807) is 0 Å². The minimum absolute atomic E-state index is 0.00643. The summed E-state index contributed by atoms with van der Waals surface area (Å²) in [6.07, 6.45) is 0.156. The van der Waals surface area contributed by atoms with Gasteiger partial charge in [0, 0.05) is 24.0 Å². The molecule has 1 aliphatic rings. The third-order valence-corrected chi connectivity index (χ3v) is 4.84. The van der Waals surface area contributed by atoms with Crippen LogP contribution >= 0.6 is 0 Å². The molecule has 156 valence electrons. The van der Waals surface area contributed by atoms with Crippen LogP contribution in [0.1, 0.15) is 35.7 Å². The van der Waals surface area contributed by atoms with Crippen molar-refractivity contribution in [2.24, 2.45) is 0 Å². The van der Waals surface area contributed by atoms with Crippen LogP contribution in [0.25, 0.3) is 0 Å². The van der Waals surface area contributed by atoms with E-state index < -0.39 is 46.4 Å². The Morgan fingerprint density at radius 2 is 1.73 bits per heavy atom. The molecule has 1 atom stereocenters. The second kappa shape index (κ2) is 8.02. The Bertz CT molecular complexity index is 1040. The van der Waals surface area contributed by atoms with Gasteiger partial charge in [0.05, 0.1) is 12.8 Å². The summed E-state index contributed by atoms with van der Waals surface area (Å²) in [5.41, 5.74) is -2.24. The third-order valence-electron chi connectivity index (χ3n) is 4.84. The molecule has 2 aromatic rings. The zero-order valence-electron chi connectivity index (χ0n) is 16.2. The summed E-state index contributed by atoms with van der Waals surface area (Å²) in [4.78, 5) is 50.1. The van der Waals surface area contributed by atoms with Crippen molar-refractivity contribution in [2.45, 2.75) is 25.3 Å². The zero-order chi connectivity index (χ0) is 22.1. The standard InChI is InChI=1S/C21H18F2N2O5/c1-21(20(29)30-2,15-11-13(22)6-7-16(15)23)24-19(28)12-4-3-5-14(10-12)25-17(26)8-9-18(25)27/h3-7,10-11H,8-9H2,1-2H3,(H,24,28)/t21-/m0/s1. The molecule has 7 nitrogen and oxygen atoms in total. The van der Waals surface area contributed by atoms with Gasteiger partial charge in [0.15, 0.2) is 5.54 Å². The van der Waals surface area contributed by atoms with E-state index in [4.69, 9.17) is 4.74 Å². The number of rotatable bonds is 5. The fraction of sp³-hybridized carbons (Fsp3) is 0.238. The number of methoxy groups -OCH3 is 1. The van der Waals surface area contributed by atoms with Gasteiger partial charge in [0.25, 0.3) is 5.91 Å². The third kappa shape index (κ3) is 3.78.